The van der Waals surface area contributed by atoms with E-state index in [2.05, 4.69) is 15.0 Å². The van der Waals surface area contributed by atoms with E-state index in [4.69, 9.17) is 16.3 Å². The van der Waals surface area contributed by atoms with E-state index in [1.165, 1.54) is 12.3 Å². The standard InChI is InChI=1S/C23H19ClF2N4O2/c24-16-12-27-23(31)19-20(28-30(21(16)19)22-17(25)2-1-3-18(22)26)15-6-4-14(5-7-15)13-29-8-10-32-11-9-29/h1-7,12H,8-11,13H2,(H,27,31). The molecule has 0 atom stereocenters. The highest BCUT2D eigenvalue weighted by molar-refractivity contribution is 6.35. The molecule has 5 rings (SSSR count). The number of H-pyrrole nitrogens is 1. The number of aromatic nitrogens is 3. The highest BCUT2D eigenvalue weighted by Gasteiger charge is 2.23. The van der Waals surface area contributed by atoms with Crippen LogP contribution in [0.15, 0.2) is 53.5 Å². The van der Waals surface area contributed by atoms with Crippen molar-refractivity contribution in [3.05, 3.63) is 81.2 Å². The van der Waals surface area contributed by atoms with Crippen LogP contribution in [0, 0.1) is 11.6 Å². The van der Waals surface area contributed by atoms with Crippen molar-refractivity contribution in [1.82, 2.24) is 19.7 Å². The number of benzene rings is 2. The van der Waals surface area contributed by atoms with E-state index in [9.17, 15) is 13.6 Å². The molecule has 3 heterocycles. The molecule has 0 spiro atoms. The Bertz CT molecular complexity index is 1320. The normalized spacial score (nSPS) is 14.8. The van der Waals surface area contributed by atoms with Crippen LogP contribution >= 0.6 is 11.6 Å². The smallest absolute Gasteiger partial charge is 0.259 e. The van der Waals surface area contributed by atoms with Crippen LogP contribution in [-0.4, -0.2) is 46.0 Å². The van der Waals surface area contributed by atoms with Crippen molar-refractivity contribution >= 4 is 22.5 Å². The van der Waals surface area contributed by atoms with E-state index in [0.29, 0.717) is 11.3 Å². The van der Waals surface area contributed by atoms with Gasteiger partial charge in [0.25, 0.3) is 5.56 Å². The summed E-state index contributed by atoms with van der Waals surface area (Å²) < 4.78 is 35.5. The van der Waals surface area contributed by atoms with Gasteiger partial charge < -0.3 is 9.72 Å². The van der Waals surface area contributed by atoms with E-state index in [1.807, 2.05) is 24.3 Å². The summed E-state index contributed by atoms with van der Waals surface area (Å²) in [6.07, 6.45) is 1.29. The van der Waals surface area contributed by atoms with Crippen molar-refractivity contribution in [2.45, 2.75) is 6.54 Å². The lowest BCUT2D eigenvalue weighted by atomic mass is 10.1. The predicted octanol–water partition coefficient (Wildman–Crippen LogP) is 4.14. The average molecular weight is 457 g/mol. The van der Waals surface area contributed by atoms with Crippen LogP contribution in [0.2, 0.25) is 5.02 Å². The van der Waals surface area contributed by atoms with Gasteiger partial charge in [0.15, 0.2) is 11.6 Å². The minimum atomic E-state index is -0.807. The Kier molecular flexibility index (Phi) is 5.50. The maximum Gasteiger partial charge on any atom is 0.259 e. The molecule has 32 heavy (non-hydrogen) atoms. The summed E-state index contributed by atoms with van der Waals surface area (Å²) in [6, 6.07) is 11.1. The molecule has 1 fully saturated rings. The molecule has 0 aliphatic carbocycles. The summed E-state index contributed by atoms with van der Waals surface area (Å²) >= 11 is 6.33. The molecular formula is C23H19ClF2N4O2. The molecule has 1 N–H and O–H groups in total. The van der Waals surface area contributed by atoms with Crippen molar-refractivity contribution in [2.75, 3.05) is 26.3 Å². The molecule has 2 aromatic carbocycles. The van der Waals surface area contributed by atoms with Crippen LogP contribution in [0.1, 0.15) is 5.56 Å². The first-order valence-corrected chi connectivity index (χ1v) is 10.5. The Labute approximate surface area is 187 Å². The molecule has 0 saturated carbocycles. The fraction of sp³-hybridized carbons (Fsp3) is 0.217. The molecule has 0 bridgehead atoms. The quantitative estimate of drug-likeness (QED) is 0.501. The molecular weight excluding hydrogens is 438 g/mol. The van der Waals surface area contributed by atoms with Gasteiger partial charge in [-0.2, -0.15) is 5.10 Å². The van der Waals surface area contributed by atoms with E-state index >= 15 is 0 Å². The zero-order valence-corrected chi connectivity index (χ0v) is 17.7. The molecule has 6 nitrogen and oxygen atoms in total. The lowest BCUT2D eigenvalue weighted by molar-refractivity contribution is 0.0342. The number of para-hydroxylation sites is 1. The molecule has 2 aromatic heterocycles. The molecule has 4 aromatic rings. The van der Waals surface area contributed by atoms with Gasteiger partial charge in [0.1, 0.15) is 16.9 Å². The molecule has 0 amide bonds. The largest absolute Gasteiger partial charge is 0.379 e. The minimum absolute atomic E-state index is 0.130. The Balaban J connectivity index is 1.62. The van der Waals surface area contributed by atoms with Crippen molar-refractivity contribution < 1.29 is 13.5 Å². The van der Waals surface area contributed by atoms with Crippen LogP contribution < -0.4 is 5.56 Å². The maximum atomic E-state index is 14.5. The first kappa shape index (κ1) is 20.8. The summed E-state index contributed by atoms with van der Waals surface area (Å²) in [5.74, 6) is -1.61. The Morgan fingerprint density at radius 3 is 2.44 bits per heavy atom. The second-order valence-corrected chi connectivity index (χ2v) is 8.01. The highest BCUT2D eigenvalue weighted by atomic mass is 35.5. The summed E-state index contributed by atoms with van der Waals surface area (Å²) in [5.41, 5.74) is 1.35. The maximum absolute atomic E-state index is 14.5. The monoisotopic (exact) mass is 456 g/mol. The number of ether oxygens (including phenoxy) is 1. The van der Waals surface area contributed by atoms with Crippen molar-refractivity contribution in [3.8, 4) is 16.9 Å². The third-order valence-corrected chi connectivity index (χ3v) is 5.84. The average Bonchev–Trinajstić information content (AvgIpc) is 3.19. The summed E-state index contributed by atoms with van der Waals surface area (Å²) in [5, 5.41) is 4.72. The van der Waals surface area contributed by atoms with E-state index in [1.54, 1.807) is 0 Å². The first-order valence-electron chi connectivity index (χ1n) is 10.2. The molecule has 1 aliphatic heterocycles. The Morgan fingerprint density at radius 2 is 1.75 bits per heavy atom. The van der Waals surface area contributed by atoms with Gasteiger partial charge in [-0.3, -0.25) is 9.69 Å². The fourth-order valence-electron chi connectivity index (χ4n) is 3.96. The van der Waals surface area contributed by atoms with Crippen LogP contribution in [0.5, 0.6) is 0 Å². The summed E-state index contributed by atoms with van der Waals surface area (Å²) in [6.45, 7) is 3.97. The number of morpholine rings is 1. The van der Waals surface area contributed by atoms with Gasteiger partial charge >= 0.3 is 0 Å². The van der Waals surface area contributed by atoms with Gasteiger partial charge in [-0.15, -0.1) is 0 Å². The number of hydrogen-bond acceptors (Lipinski definition) is 4. The second-order valence-electron chi connectivity index (χ2n) is 7.61. The number of rotatable bonds is 4. The lowest BCUT2D eigenvalue weighted by Gasteiger charge is -2.26. The van der Waals surface area contributed by atoms with Gasteiger partial charge in [0.2, 0.25) is 0 Å². The fourth-order valence-corrected chi connectivity index (χ4v) is 4.19. The number of fused-ring (bicyclic) bond motifs is 1. The van der Waals surface area contributed by atoms with Crippen LogP contribution in [0.4, 0.5) is 8.78 Å². The third-order valence-electron chi connectivity index (χ3n) is 5.56. The third kappa shape index (κ3) is 3.70. The number of halogens is 3. The van der Waals surface area contributed by atoms with Crippen molar-refractivity contribution in [2.24, 2.45) is 0 Å². The Morgan fingerprint density at radius 1 is 1.06 bits per heavy atom. The Hall–Kier alpha value is -3.07. The summed E-state index contributed by atoms with van der Waals surface area (Å²) in [4.78, 5) is 17.6. The topological polar surface area (TPSA) is 63.1 Å². The van der Waals surface area contributed by atoms with E-state index in [0.717, 1.165) is 55.2 Å². The zero-order valence-electron chi connectivity index (χ0n) is 16.9. The SMILES string of the molecule is O=c1[nH]cc(Cl)c2c1c(-c1ccc(CN3CCOCC3)cc1)nn2-c1c(F)cccc1F. The molecule has 164 valence electrons. The molecule has 0 unspecified atom stereocenters. The number of pyridine rings is 1. The van der Waals surface area contributed by atoms with E-state index < -0.39 is 17.2 Å². The minimum Gasteiger partial charge on any atom is -0.379 e. The highest BCUT2D eigenvalue weighted by Crippen LogP contribution is 2.33. The van der Waals surface area contributed by atoms with Crippen molar-refractivity contribution in [1.29, 1.82) is 0 Å². The number of hydrogen-bond donors (Lipinski definition) is 1. The van der Waals surface area contributed by atoms with Crippen LogP contribution in [-0.2, 0) is 11.3 Å². The van der Waals surface area contributed by atoms with Gasteiger partial charge in [0.05, 0.1) is 23.6 Å². The molecule has 1 aliphatic rings. The molecule has 1 saturated heterocycles. The van der Waals surface area contributed by atoms with Crippen LogP contribution in [0.3, 0.4) is 0 Å². The van der Waals surface area contributed by atoms with Gasteiger partial charge in [-0.05, 0) is 17.7 Å². The molecule has 9 heteroatoms. The van der Waals surface area contributed by atoms with Gasteiger partial charge in [-0.25, -0.2) is 13.5 Å². The predicted molar refractivity (Wildman–Crippen MR) is 118 cm³/mol. The van der Waals surface area contributed by atoms with Gasteiger partial charge in [-0.1, -0.05) is 41.9 Å². The van der Waals surface area contributed by atoms with Gasteiger partial charge in [0, 0.05) is 31.4 Å². The van der Waals surface area contributed by atoms with Crippen LogP contribution in [0.25, 0.3) is 27.8 Å². The summed E-state index contributed by atoms with van der Waals surface area (Å²) in [7, 11) is 0. The zero-order chi connectivity index (χ0) is 22.2. The number of nitrogens with one attached hydrogen (secondary N) is 1. The second kappa shape index (κ2) is 8.46. The van der Waals surface area contributed by atoms with E-state index in [-0.39, 0.29) is 21.6 Å². The number of aromatic amines is 1. The lowest BCUT2D eigenvalue weighted by Crippen LogP contribution is -2.35. The first-order chi connectivity index (χ1) is 15.5. The molecule has 0 radical (unpaired) electrons. The van der Waals surface area contributed by atoms with Crippen molar-refractivity contribution in [3.63, 3.8) is 0 Å². The number of nitrogens with zero attached hydrogens (tertiary/aromatic N) is 3.